The molecular weight excluding hydrogens is 285 g/mol. The molecule has 0 fully saturated rings. The lowest BCUT2D eigenvalue weighted by molar-refractivity contribution is -0.138. The van der Waals surface area contributed by atoms with Gasteiger partial charge in [0.2, 0.25) is 0 Å². The predicted molar refractivity (Wildman–Crippen MR) is 73.3 cm³/mol. The summed E-state index contributed by atoms with van der Waals surface area (Å²) < 4.78 is 37.2. The van der Waals surface area contributed by atoms with Gasteiger partial charge in [-0.25, -0.2) is 9.97 Å². The highest BCUT2D eigenvalue weighted by Gasteiger charge is 2.32. The molecule has 0 radical (unpaired) electrons. The molecule has 5 nitrogen and oxygen atoms in total. The molecule has 1 amide bonds. The molecule has 0 atom stereocenters. The summed E-state index contributed by atoms with van der Waals surface area (Å²) in [5.41, 5.74) is 0.295. The monoisotopic (exact) mass is 304 g/mol. The number of anilines is 1. The number of aromatic nitrogens is 2. The van der Waals surface area contributed by atoms with Crippen LogP contribution in [0.2, 0.25) is 0 Å². The first-order valence-corrected chi connectivity index (χ1v) is 6.58. The first-order valence-electron chi connectivity index (χ1n) is 6.58. The third-order valence-electron chi connectivity index (χ3n) is 2.66. The van der Waals surface area contributed by atoms with Gasteiger partial charge in [-0.1, -0.05) is 13.8 Å². The third kappa shape index (κ3) is 4.87. The van der Waals surface area contributed by atoms with Gasteiger partial charge in [0.1, 0.15) is 12.4 Å². The Morgan fingerprint density at radius 3 is 2.52 bits per heavy atom. The van der Waals surface area contributed by atoms with Crippen LogP contribution in [0.5, 0.6) is 0 Å². The second kappa shape index (κ2) is 6.73. The molecule has 0 aliphatic carbocycles. The number of alkyl halides is 3. The van der Waals surface area contributed by atoms with E-state index in [1.54, 1.807) is 0 Å². The number of hydrogen-bond acceptors (Lipinski definition) is 4. The van der Waals surface area contributed by atoms with Gasteiger partial charge in [0.15, 0.2) is 5.69 Å². The number of rotatable bonds is 5. The van der Waals surface area contributed by atoms with Crippen molar-refractivity contribution in [2.24, 2.45) is 0 Å². The average Bonchev–Trinajstić information content (AvgIpc) is 2.36. The minimum Gasteiger partial charge on any atom is -0.382 e. The Morgan fingerprint density at radius 1 is 1.43 bits per heavy atom. The van der Waals surface area contributed by atoms with Crippen molar-refractivity contribution < 1.29 is 18.0 Å². The van der Waals surface area contributed by atoms with Crippen molar-refractivity contribution in [3.8, 4) is 0 Å². The average molecular weight is 304 g/mol. The van der Waals surface area contributed by atoms with E-state index in [4.69, 9.17) is 0 Å². The van der Waals surface area contributed by atoms with Crippen LogP contribution >= 0.6 is 0 Å². The lowest BCUT2D eigenvalue weighted by atomic mass is 10.2. The number of amides is 1. The van der Waals surface area contributed by atoms with Crippen LogP contribution in [0.25, 0.3) is 0 Å². The lowest BCUT2D eigenvalue weighted by Gasteiger charge is -2.20. The van der Waals surface area contributed by atoms with E-state index in [9.17, 15) is 18.0 Å². The van der Waals surface area contributed by atoms with Gasteiger partial charge in [-0.2, -0.15) is 13.2 Å². The topological polar surface area (TPSA) is 58.1 Å². The summed E-state index contributed by atoms with van der Waals surface area (Å²) in [6.45, 7) is 4.68. The van der Waals surface area contributed by atoms with Crippen molar-refractivity contribution in [1.29, 1.82) is 0 Å². The lowest BCUT2D eigenvalue weighted by Crippen LogP contribution is -2.36. The molecule has 0 aliphatic heterocycles. The van der Waals surface area contributed by atoms with Crippen LogP contribution in [-0.4, -0.2) is 47.1 Å². The second-order valence-electron chi connectivity index (χ2n) is 4.95. The molecule has 1 aromatic heterocycles. The number of carbonyl (C=O) groups excluding carboxylic acids is 1. The van der Waals surface area contributed by atoms with Crippen LogP contribution in [0.4, 0.5) is 18.9 Å². The molecule has 1 heterocycles. The normalized spacial score (nSPS) is 11.6. The van der Waals surface area contributed by atoms with Gasteiger partial charge < -0.3 is 10.2 Å². The van der Waals surface area contributed by atoms with Crippen molar-refractivity contribution >= 4 is 11.6 Å². The van der Waals surface area contributed by atoms with E-state index in [-0.39, 0.29) is 11.6 Å². The smallest absolute Gasteiger partial charge is 0.382 e. The third-order valence-corrected chi connectivity index (χ3v) is 2.66. The Balaban J connectivity index is 3.12. The SMILES string of the molecule is CCNc1cnc(C(C)C)nc1C(=O)N(C)CC(F)(F)F. The number of hydrogen-bond donors (Lipinski definition) is 1. The van der Waals surface area contributed by atoms with Gasteiger partial charge in [0.25, 0.3) is 5.91 Å². The molecule has 1 aromatic rings. The molecule has 0 aromatic carbocycles. The van der Waals surface area contributed by atoms with E-state index in [2.05, 4.69) is 15.3 Å². The van der Waals surface area contributed by atoms with E-state index >= 15 is 0 Å². The van der Waals surface area contributed by atoms with E-state index in [1.807, 2.05) is 20.8 Å². The van der Waals surface area contributed by atoms with Crippen LogP contribution < -0.4 is 5.32 Å². The molecule has 118 valence electrons. The van der Waals surface area contributed by atoms with Crippen molar-refractivity contribution in [1.82, 2.24) is 14.9 Å². The van der Waals surface area contributed by atoms with Crippen molar-refractivity contribution in [3.05, 3.63) is 17.7 Å². The van der Waals surface area contributed by atoms with Gasteiger partial charge >= 0.3 is 6.18 Å². The van der Waals surface area contributed by atoms with Gasteiger partial charge in [-0.05, 0) is 6.92 Å². The first kappa shape index (κ1) is 17.2. The molecule has 0 saturated heterocycles. The Bertz CT molecular complexity index is 503. The maximum Gasteiger partial charge on any atom is 0.406 e. The fraction of sp³-hybridized carbons (Fsp3) is 0.615. The number of nitrogens with one attached hydrogen (secondary N) is 1. The van der Waals surface area contributed by atoms with Crippen molar-refractivity contribution in [2.45, 2.75) is 32.9 Å². The highest BCUT2D eigenvalue weighted by Crippen LogP contribution is 2.20. The van der Waals surface area contributed by atoms with Gasteiger partial charge in [-0.15, -0.1) is 0 Å². The van der Waals surface area contributed by atoms with E-state index < -0.39 is 18.6 Å². The molecular formula is C13H19F3N4O. The zero-order valence-electron chi connectivity index (χ0n) is 12.5. The molecule has 0 bridgehead atoms. The molecule has 0 spiro atoms. The highest BCUT2D eigenvalue weighted by molar-refractivity contribution is 5.97. The van der Waals surface area contributed by atoms with Gasteiger partial charge in [0.05, 0.1) is 11.9 Å². The Kier molecular flexibility index (Phi) is 5.51. The van der Waals surface area contributed by atoms with Crippen molar-refractivity contribution in [3.63, 3.8) is 0 Å². The summed E-state index contributed by atoms with van der Waals surface area (Å²) in [7, 11) is 1.10. The molecule has 1 N–H and O–H groups in total. The summed E-state index contributed by atoms with van der Waals surface area (Å²) in [4.78, 5) is 21.0. The summed E-state index contributed by atoms with van der Waals surface area (Å²) in [5, 5.41) is 2.89. The fourth-order valence-electron chi connectivity index (χ4n) is 1.68. The zero-order chi connectivity index (χ0) is 16.2. The van der Waals surface area contributed by atoms with Gasteiger partial charge in [-0.3, -0.25) is 4.79 Å². The molecule has 1 rings (SSSR count). The minimum absolute atomic E-state index is 0.0276. The highest BCUT2D eigenvalue weighted by atomic mass is 19.4. The number of halogens is 3. The zero-order valence-corrected chi connectivity index (χ0v) is 12.5. The fourth-order valence-corrected chi connectivity index (χ4v) is 1.68. The Labute approximate surface area is 121 Å². The number of carbonyl (C=O) groups is 1. The molecule has 0 saturated carbocycles. The van der Waals surface area contributed by atoms with Gasteiger partial charge in [0, 0.05) is 19.5 Å². The molecule has 8 heteroatoms. The summed E-state index contributed by atoms with van der Waals surface area (Å²) in [6, 6.07) is 0. The summed E-state index contributed by atoms with van der Waals surface area (Å²) in [6.07, 6.45) is -3.02. The number of nitrogens with zero attached hydrogens (tertiary/aromatic N) is 3. The van der Waals surface area contributed by atoms with Crippen LogP contribution in [-0.2, 0) is 0 Å². The largest absolute Gasteiger partial charge is 0.406 e. The van der Waals surface area contributed by atoms with E-state index in [1.165, 1.54) is 6.20 Å². The van der Waals surface area contributed by atoms with Crippen LogP contribution in [0, 0.1) is 0 Å². The van der Waals surface area contributed by atoms with E-state index in [0.29, 0.717) is 23.0 Å². The first-order chi connectivity index (χ1) is 9.65. The van der Waals surface area contributed by atoms with E-state index in [0.717, 1.165) is 7.05 Å². The predicted octanol–water partition coefficient (Wildman–Crippen LogP) is 2.67. The summed E-state index contributed by atoms with van der Waals surface area (Å²) >= 11 is 0. The Hall–Kier alpha value is -1.86. The standard InChI is InChI=1S/C13H19F3N4O/c1-5-17-9-6-18-11(8(2)3)19-10(9)12(21)20(4)7-13(14,15)16/h6,8,17H,5,7H2,1-4H3. The quantitative estimate of drug-likeness (QED) is 0.908. The van der Waals surface area contributed by atoms with Crippen LogP contribution in [0.15, 0.2) is 6.20 Å². The maximum absolute atomic E-state index is 12.4. The second-order valence-corrected chi connectivity index (χ2v) is 4.95. The minimum atomic E-state index is -4.45. The molecule has 21 heavy (non-hydrogen) atoms. The van der Waals surface area contributed by atoms with Crippen LogP contribution in [0.3, 0.4) is 0 Å². The molecule has 0 unspecified atom stereocenters. The summed E-state index contributed by atoms with van der Waals surface area (Å²) in [5.74, 6) is -0.395. The maximum atomic E-state index is 12.4. The van der Waals surface area contributed by atoms with Crippen LogP contribution in [0.1, 0.15) is 43.0 Å². The Morgan fingerprint density at radius 2 is 2.05 bits per heavy atom. The molecule has 0 aliphatic rings. The van der Waals surface area contributed by atoms with Crippen molar-refractivity contribution in [2.75, 3.05) is 25.5 Å².